The Morgan fingerprint density at radius 2 is 2.25 bits per heavy atom. The molecule has 0 unspecified atom stereocenters. The van der Waals surface area contributed by atoms with Gasteiger partial charge in [-0.25, -0.2) is 4.79 Å². The lowest BCUT2D eigenvalue weighted by atomic mass is 10.1. The fourth-order valence-electron chi connectivity index (χ4n) is 1.45. The van der Waals surface area contributed by atoms with Crippen molar-refractivity contribution in [3.05, 3.63) is 17.0 Å². The minimum Gasteiger partial charge on any atom is -0.461 e. The Hall–Kier alpha value is -1.96. The molecule has 5 nitrogen and oxygen atoms in total. The van der Waals surface area contributed by atoms with E-state index in [0.29, 0.717) is 11.3 Å². The van der Waals surface area contributed by atoms with Crippen LogP contribution in [-0.4, -0.2) is 17.6 Å². The summed E-state index contributed by atoms with van der Waals surface area (Å²) in [5.74, 6) is -0.427. The van der Waals surface area contributed by atoms with Crippen LogP contribution in [-0.2, 0) is 4.74 Å². The Balaban J connectivity index is 3.24. The van der Waals surface area contributed by atoms with Crippen molar-refractivity contribution in [3.8, 4) is 6.07 Å². The van der Waals surface area contributed by atoms with Crippen LogP contribution in [0.4, 0.5) is 5.69 Å². The molecule has 0 saturated carbocycles. The topological polar surface area (TPSA) is 91.9 Å². The number of nitrogens with zero attached hydrogens (tertiary/aromatic N) is 1. The van der Waals surface area contributed by atoms with Crippen molar-refractivity contribution in [2.45, 2.75) is 26.7 Å². The van der Waals surface area contributed by atoms with E-state index in [9.17, 15) is 4.79 Å². The van der Waals surface area contributed by atoms with Crippen LogP contribution < -0.4 is 5.73 Å². The van der Waals surface area contributed by atoms with E-state index < -0.39 is 5.97 Å². The molecular formula is C11H15N3O2. The molecule has 0 saturated heterocycles. The molecule has 0 spiro atoms. The van der Waals surface area contributed by atoms with Crippen LogP contribution in [0.1, 0.15) is 48.4 Å². The molecular weight excluding hydrogens is 206 g/mol. The van der Waals surface area contributed by atoms with Gasteiger partial charge in [-0.1, -0.05) is 13.8 Å². The molecule has 86 valence electrons. The Morgan fingerprint density at radius 3 is 2.62 bits per heavy atom. The third kappa shape index (κ3) is 2.01. The Bertz CT molecular complexity index is 441. The highest BCUT2D eigenvalue weighted by Gasteiger charge is 2.22. The highest BCUT2D eigenvalue weighted by atomic mass is 16.5. The Morgan fingerprint density at radius 1 is 1.62 bits per heavy atom. The van der Waals surface area contributed by atoms with Crippen LogP contribution in [0.25, 0.3) is 0 Å². The largest absolute Gasteiger partial charge is 0.461 e. The van der Waals surface area contributed by atoms with Gasteiger partial charge in [0.15, 0.2) is 0 Å². The van der Waals surface area contributed by atoms with Crippen LogP contribution in [0, 0.1) is 11.3 Å². The van der Waals surface area contributed by atoms with Crippen molar-refractivity contribution in [1.29, 1.82) is 5.26 Å². The number of H-pyrrole nitrogens is 1. The SMILES string of the molecule is CCOC(=O)c1[nH]c(C(C)C)c(C#N)c1N. The third-order valence-electron chi connectivity index (χ3n) is 2.24. The summed E-state index contributed by atoms with van der Waals surface area (Å²) in [5, 5.41) is 8.97. The normalized spacial score (nSPS) is 10.2. The number of nitrogen functional groups attached to an aromatic ring is 1. The molecule has 1 aromatic rings. The number of nitrogens with one attached hydrogen (secondary N) is 1. The Labute approximate surface area is 94.2 Å². The number of aromatic nitrogens is 1. The summed E-state index contributed by atoms with van der Waals surface area (Å²) in [7, 11) is 0. The van der Waals surface area contributed by atoms with Crippen LogP contribution in [0.2, 0.25) is 0 Å². The van der Waals surface area contributed by atoms with Crippen molar-refractivity contribution >= 4 is 11.7 Å². The lowest BCUT2D eigenvalue weighted by molar-refractivity contribution is 0.0521. The minimum absolute atomic E-state index is 0.0973. The quantitative estimate of drug-likeness (QED) is 0.761. The standard InChI is InChI=1S/C11H15N3O2/c1-4-16-11(15)10-8(13)7(5-12)9(14-10)6(2)3/h6,14H,4,13H2,1-3H3. The first-order chi connectivity index (χ1) is 7.52. The minimum atomic E-state index is -0.525. The number of ether oxygens (including phenoxy) is 1. The van der Waals surface area contributed by atoms with E-state index in [2.05, 4.69) is 4.98 Å². The third-order valence-corrected chi connectivity index (χ3v) is 2.24. The average Bonchev–Trinajstić information content (AvgIpc) is 2.55. The van der Waals surface area contributed by atoms with E-state index in [1.165, 1.54) is 0 Å². The number of carbonyl (C=O) groups excluding carboxylic acids is 1. The van der Waals surface area contributed by atoms with E-state index >= 15 is 0 Å². The molecule has 0 radical (unpaired) electrons. The van der Waals surface area contributed by atoms with Crippen molar-refractivity contribution in [2.24, 2.45) is 0 Å². The maximum Gasteiger partial charge on any atom is 0.356 e. The second-order valence-corrected chi connectivity index (χ2v) is 3.69. The van der Waals surface area contributed by atoms with Crippen molar-refractivity contribution in [1.82, 2.24) is 4.98 Å². The number of carbonyl (C=O) groups is 1. The van der Waals surface area contributed by atoms with Gasteiger partial charge in [0.1, 0.15) is 11.8 Å². The van der Waals surface area contributed by atoms with Crippen LogP contribution in [0.15, 0.2) is 0 Å². The summed E-state index contributed by atoms with van der Waals surface area (Å²) >= 11 is 0. The summed E-state index contributed by atoms with van der Waals surface area (Å²) in [4.78, 5) is 14.4. The lowest BCUT2D eigenvalue weighted by Gasteiger charge is -2.01. The molecule has 0 aliphatic rings. The van der Waals surface area contributed by atoms with E-state index in [1.807, 2.05) is 19.9 Å². The summed E-state index contributed by atoms with van der Waals surface area (Å²) in [6.45, 7) is 5.82. The van der Waals surface area contributed by atoms with Gasteiger partial charge < -0.3 is 15.5 Å². The molecule has 0 aliphatic carbocycles. The first kappa shape index (κ1) is 12.1. The number of hydrogen-bond acceptors (Lipinski definition) is 4. The zero-order valence-electron chi connectivity index (χ0n) is 9.63. The number of nitriles is 1. The summed E-state index contributed by atoms with van der Waals surface area (Å²) < 4.78 is 4.84. The maximum absolute atomic E-state index is 11.5. The molecule has 0 aromatic carbocycles. The number of aromatic amines is 1. The predicted molar refractivity (Wildman–Crippen MR) is 60.0 cm³/mol. The number of esters is 1. The van der Waals surface area contributed by atoms with E-state index in [-0.39, 0.29) is 23.9 Å². The molecule has 0 amide bonds. The second kappa shape index (κ2) is 4.71. The van der Waals surface area contributed by atoms with Gasteiger partial charge >= 0.3 is 5.97 Å². The van der Waals surface area contributed by atoms with E-state index in [4.69, 9.17) is 15.7 Å². The van der Waals surface area contributed by atoms with Crippen LogP contribution in [0.3, 0.4) is 0 Å². The molecule has 0 bridgehead atoms. The van der Waals surface area contributed by atoms with Gasteiger partial charge in [-0.05, 0) is 12.8 Å². The smallest absolute Gasteiger partial charge is 0.356 e. The van der Waals surface area contributed by atoms with Gasteiger partial charge in [0.25, 0.3) is 0 Å². The van der Waals surface area contributed by atoms with Crippen molar-refractivity contribution < 1.29 is 9.53 Å². The average molecular weight is 221 g/mol. The van der Waals surface area contributed by atoms with Gasteiger partial charge in [-0.3, -0.25) is 0 Å². The molecule has 1 heterocycles. The summed E-state index contributed by atoms with van der Waals surface area (Å²) in [6.07, 6.45) is 0. The second-order valence-electron chi connectivity index (χ2n) is 3.69. The van der Waals surface area contributed by atoms with Gasteiger partial charge in [-0.15, -0.1) is 0 Å². The molecule has 0 aliphatic heterocycles. The highest BCUT2D eigenvalue weighted by Crippen LogP contribution is 2.26. The van der Waals surface area contributed by atoms with Crippen LogP contribution in [0.5, 0.6) is 0 Å². The number of anilines is 1. The van der Waals surface area contributed by atoms with E-state index in [0.717, 1.165) is 0 Å². The monoisotopic (exact) mass is 221 g/mol. The van der Waals surface area contributed by atoms with Gasteiger partial charge in [-0.2, -0.15) is 5.26 Å². The zero-order valence-corrected chi connectivity index (χ0v) is 9.63. The first-order valence-electron chi connectivity index (χ1n) is 5.11. The van der Waals surface area contributed by atoms with Gasteiger partial charge in [0, 0.05) is 5.69 Å². The van der Waals surface area contributed by atoms with E-state index in [1.54, 1.807) is 6.92 Å². The molecule has 0 fully saturated rings. The van der Waals surface area contributed by atoms with Crippen LogP contribution >= 0.6 is 0 Å². The molecule has 3 N–H and O–H groups in total. The predicted octanol–water partition coefficient (Wildman–Crippen LogP) is 1.77. The fourth-order valence-corrected chi connectivity index (χ4v) is 1.45. The number of hydrogen-bond donors (Lipinski definition) is 2. The molecule has 0 atom stereocenters. The maximum atomic E-state index is 11.5. The highest BCUT2D eigenvalue weighted by molar-refractivity contribution is 5.95. The van der Waals surface area contributed by atoms with Crippen molar-refractivity contribution in [2.75, 3.05) is 12.3 Å². The number of nitrogens with two attached hydrogens (primary N) is 1. The molecule has 1 rings (SSSR count). The fraction of sp³-hybridized carbons (Fsp3) is 0.455. The first-order valence-corrected chi connectivity index (χ1v) is 5.11. The van der Waals surface area contributed by atoms with Crippen molar-refractivity contribution in [3.63, 3.8) is 0 Å². The van der Waals surface area contributed by atoms with Gasteiger partial charge in [0.2, 0.25) is 0 Å². The molecule has 1 aromatic heterocycles. The van der Waals surface area contributed by atoms with Gasteiger partial charge in [0.05, 0.1) is 17.9 Å². The Kier molecular flexibility index (Phi) is 3.56. The zero-order chi connectivity index (χ0) is 12.3. The molecule has 16 heavy (non-hydrogen) atoms. The number of rotatable bonds is 3. The summed E-state index contributed by atoms with van der Waals surface area (Å²) in [6, 6.07) is 2.00. The summed E-state index contributed by atoms with van der Waals surface area (Å²) in [5.41, 5.74) is 7.07. The molecule has 5 heteroatoms. The lowest BCUT2D eigenvalue weighted by Crippen LogP contribution is -2.07.